The summed E-state index contributed by atoms with van der Waals surface area (Å²) in [5.41, 5.74) is 7.25. The fraction of sp³-hybridized carbons (Fsp3) is 0.200. The Labute approximate surface area is 219 Å². The van der Waals surface area contributed by atoms with Gasteiger partial charge in [-0.05, 0) is 54.5 Å². The number of para-hydroxylation sites is 1. The Bertz CT molecular complexity index is 1550. The van der Waals surface area contributed by atoms with Crippen molar-refractivity contribution in [3.63, 3.8) is 0 Å². The van der Waals surface area contributed by atoms with Gasteiger partial charge in [-0.2, -0.15) is 5.10 Å². The van der Waals surface area contributed by atoms with Crippen LogP contribution in [0.2, 0.25) is 0 Å². The zero-order valence-corrected chi connectivity index (χ0v) is 21.1. The molecule has 1 unspecified atom stereocenters. The number of Topliss-reactive ketones (excluding diaryl/α,β-unsaturated/α-hetero) is 1. The molecule has 0 radical (unpaired) electrons. The molecule has 6 rings (SSSR count). The van der Waals surface area contributed by atoms with Crippen LogP contribution in [0.1, 0.15) is 46.3 Å². The maximum Gasteiger partial charge on any atom is 0.240 e. The van der Waals surface area contributed by atoms with E-state index in [4.69, 9.17) is 0 Å². The van der Waals surface area contributed by atoms with E-state index in [1.165, 1.54) is 29.3 Å². The molecule has 184 valence electrons. The molecule has 1 fully saturated rings. The number of hydrogen-bond acceptors (Lipinski definition) is 5. The van der Waals surface area contributed by atoms with Gasteiger partial charge in [0.15, 0.2) is 11.0 Å². The second kappa shape index (κ2) is 10.2. The number of nitrogens with zero attached hydrogens (tertiary/aromatic N) is 2. The molecule has 37 heavy (non-hydrogen) atoms. The Kier molecular flexibility index (Phi) is 6.45. The van der Waals surface area contributed by atoms with Crippen molar-refractivity contribution >= 4 is 45.7 Å². The average Bonchev–Trinajstić information content (AvgIpc) is 3.48. The predicted octanol–water partition coefficient (Wildman–Crippen LogP) is 5.91. The van der Waals surface area contributed by atoms with Crippen molar-refractivity contribution in [1.29, 1.82) is 0 Å². The number of thioether (sulfide) groups is 1. The number of H-pyrrole nitrogens is 1. The summed E-state index contributed by atoms with van der Waals surface area (Å²) in [6.07, 6.45) is 6.32. The third-order valence-corrected chi connectivity index (χ3v) is 8.03. The lowest BCUT2D eigenvalue weighted by atomic mass is 9.89. The summed E-state index contributed by atoms with van der Waals surface area (Å²) in [7, 11) is 0. The number of benzene rings is 3. The highest BCUT2D eigenvalue weighted by atomic mass is 32.2. The Morgan fingerprint density at radius 1 is 0.973 bits per heavy atom. The number of nitrogens with one attached hydrogen (secondary N) is 2. The van der Waals surface area contributed by atoms with E-state index in [9.17, 15) is 9.59 Å². The molecule has 2 N–H and O–H groups in total. The zero-order chi connectivity index (χ0) is 25.2. The van der Waals surface area contributed by atoms with Gasteiger partial charge in [0.1, 0.15) is 0 Å². The maximum atomic E-state index is 12.9. The number of aromatic nitrogens is 1. The van der Waals surface area contributed by atoms with Crippen molar-refractivity contribution in [3.05, 3.63) is 95.1 Å². The minimum atomic E-state index is -0.509. The van der Waals surface area contributed by atoms with Crippen molar-refractivity contribution in [1.82, 2.24) is 10.3 Å². The number of ketones is 1. The summed E-state index contributed by atoms with van der Waals surface area (Å²) in [5, 5.41) is 12.3. The Balaban J connectivity index is 1.18. The van der Waals surface area contributed by atoms with Crippen LogP contribution in [0.5, 0.6) is 0 Å². The van der Waals surface area contributed by atoms with Crippen LogP contribution < -0.4 is 5.32 Å². The number of amidine groups is 1. The topological polar surface area (TPSA) is 86.7 Å². The fourth-order valence-corrected chi connectivity index (χ4v) is 5.97. The minimum Gasteiger partial charge on any atom is -0.354 e. The molecule has 1 aliphatic carbocycles. The van der Waals surface area contributed by atoms with E-state index >= 15 is 0 Å². The van der Waals surface area contributed by atoms with Crippen molar-refractivity contribution in [2.45, 2.75) is 37.4 Å². The largest absolute Gasteiger partial charge is 0.354 e. The number of fused-ring (bicyclic) bond motifs is 2. The molecule has 1 aromatic heterocycles. The van der Waals surface area contributed by atoms with E-state index in [0.29, 0.717) is 10.7 Å². The highest BCUT2D eigenvalue weighted by Gasteiger charge is 2.32. The third-order valence-electron chi connectivity index (χ3n) is 6.96. The van der Waals surface area contributed by atoms with Crippen LogP contribution in [0, 0.1) is 0 Å². The smallest absolute Gasteiger partial charge is 0.240 e. The van der Waals surface area contributed by atoms with Gasteiger partial charge in [0.05, 0.1) is 17.2 Å². The zero-order valence-electron chi connectivity index (χ0n) is 20.2. The standard InChI is InChI=1S/C30H26N4O2S/c35-26(22-15-14-19-8-4-5-11-21(19)16-22)17-27-29(36)33-30(37-27)34-31-18-24-23-12-6-7-13-25(23)32-28(24)20-9-2-1-3-10-20/h1-3,6-7,9-10,12-16,18,27,32H,4-5,8,11,17H2,(H,33,34,36)/b31-18+. The number of aromatic amines is 1. The molecule has 1 aliphatic heterocycles. The van der Waals surface area contributed by atoms with Gasteiger partial charge in [-0.1, -0.05) is 72.4 Å². The van der Waals surface area contributed by atoms with Gasteiger partial charge in [0.25, 0.3) is 0 Å². The Morgan fingerprint density at radius 3 is 2.62 bits per heavy atom. The number of aryl methyl sites for hydroxylation is 2. The SMILES string of the molecule is O=C(CC1S/C(=N/N=C/c2c(-c3ccccc3)[nH]c3ccccc23)NC1=O)c1ccc2c(c1)CCCC2. The Hall–Kier alpha value is -3.97. The van der Waals surface area contributed by atoms with Gasteiger partial charge in [0.2, 0.25) is 5.91 Å². The van der Waals surface area contributed by atoms with Crippen molar-refractivity contribution in [3.8, 4) is 11.3 Å². The quantitative estimate of drug-likeness (QED) is 0.194. The van der Waals surface area contributed by atoms with Gasteiger partial charge in [-0.25, -0.2) is 0 Å². The van der Waals surface area contributed by atoms with Crippen LogP contribution in [0.25, 0.3) is 22.2 Å². The van der Waals surface area contributed by atoms with E-state index < -0.39 is 5.25 Å². The molecule has 4 aromatic rings. The first-order valence-electron chi connectivity index (χ1n) is 12.6. The van der Waals surface area contributed by atoms with Crippen LogP contribution in [-0.4, -0.2) is 33.3 Å². The number of carbonyl (C=O) groups is 2. The molecule has 2 aliphatic rings. The lowest BCUT2D eigenvalue weighted by Crippen LogP contribution is -2.26. The molecule has 1 amide bonds. The molecule has 2 heterocycles. The number of hydrogen-bond donors (Lipinski definition) is 2. The summed E-state index contributed by atoms with van der Waals surface area (Å²) in [6, 6.07) is 24.1. The second-order valence-electron chi connectivity index (χ2n) is 9.39. The molecule has 1 atom stereocenters. The van der Waals surface area contributed by atoms with E-state index in [-0.39, 0.29) is 18.1 Å². The maximum absolute atomic E-state index is 12.9. The van der Waals surface area contributed by atoms with Gasteiger partial charge >= 0.3 is 0 Å². The van der Waals surface area contributed by atoms with Crippen molar-refractivity contribution in [2.75, 3.05) is 0 Å². The van der Waals surface area contributed by atoms with Crippen molar-refractivity contribution in [2.24, 2.45) is 10.2 Å². The fourth-order valence-electron chi connectivity index (χ4n) is 5.05. The van der Waals surface area contributed by atoms with Crippen LogP contribution in [0.15, 0.2) is 83.0 Å². The van der Waals surface area contributed by atoms with E-state index in [1.54, 1.807) is 6.21 Å². The van der Waals surface area contributed by atoms with Crippen LogP contribution >= 0.6 is 11.8 Å². The van der Waals surface area contributed by atoms with E-state index in [2.05, 4.69) is 26.6 Å². The molecular weight excluding hydrogens is 480 g/mol. The molecule has 0 bridgehead atoms. The highest BCUT2D eigenvalue weighted by molar-refractivity contribution is 8.15. The van der Waals surface area contributed by atoms with Gasteiger partial charge in [-0.15, -0.1) is 5.10 Å². The number of rotatable bonds is 6. The monoisotopic (exact) mass is 506 g/mol. The van der Waals surface area contributed by atoms with Gasteiger partial charge in [-0.3, -0.25) is 9.59 Å². The molecule has 0 spiro atoms. The second-order valence-corrected chi connectivity index (χ2v) is 10.6. The third kappa shape index (κ3) is 4.87. The molecule has 7 heteroatoms. The highest BCUT2D eigenvalue weighted by Crippen LogP contribution is 2.30. The van der Waals surface area contributed by atoms with E-state index in [0.717, 1.165) is 47.0 Å². The average molecular weight is 507 g/mol. The molecule has 6 nitrogen and oxygen atoms in total. The van der Waals surface area contributed by atoms with Crippen LogP contribution in [0.4, 0.5) is 0 Å². The first-order valence-corrected chi connectivity index (χ1v) is 13.4. The van der Waals surface area contributed by atoms with Crippen LogP contribution in [0.3, 0.4) is 0 Å². The molecule has 0 saturated carbocycles. The number of carbonyl (C=O) groups excluding carboxylic acids is 2. The molecule has 1 saturated heterocycles. The van der Waals surface area contributed by atoms with Crippen molar-refractivity contribution < 1.29 is 9.59 Å². The first kappa shape index (κ1) is 23.4. The lowest BCUT2D eigenvalue weighted by molar-refractivity contribution is -0.118. The number of amides is 1. The summed E-state index contributed by atoms with van der Waals surface area (Å²) in [6.45, 7) is 0. The predicted molar refractivity (Wildman–Crippen MR) is 150 cm³/mol. The summed E-state index contributed by atoms with van der Waals surface area (Å²) < 4.78 is 0. The lowest BCUT2D eigenvalue weighted by Gasteiger charge is -2.16. The Morgan fingerprint density at radius 2 is 1.76 bits per heavy atom. The van der Waals surface area contributed by atoms with Gasteiger partial charge in [0, 0.05) is 28.5 Å². The minimum absolute atomic E-state index is 0.0166. The molecule has 3 aromatic carbocycles. The first-order chi connectivity index (χ1) is 18.2. The summed E-state index contributed by atoms with van der Waals surface area (Å²) >= 11 is 1.26. The van der Waals surface area contributed by atoms with Crippen LogP contribution in [-0.2, 0) is 17.6 Å². The summed E-state index contributed by atoms with van der Waals surface area (Å²) in [4.78, 5) is 29.0. The van der Waals surface area contributed by atoms with Gasteiger partial charge < -0.3 is 10.3 Å². The van der Waals surface area contributed by atoms with E-state index in [1.807, 2.05) is 66.7 Å². The molecular formula is C30H26N4O2S. The normalized spacial score (nSPS) is 18.4. The summed E-state index contributed by atoms with van der Waals surface area (Å²) in [5.74, 6) is -0.223.